The molecule has 0 bridgehead atoms. The van der Waals surface area contributed by atoms with Crippen LogP contribution in [-0.2, 0) is 4.74 Å². The third-order valence-electron chi connectivity index (χ3n) is 6.45. The number of anilines is 1. The van der Waals surface area contributed by atoms with Crippen molar-refractivity contribution in [1.29, 1.82) is 0 Å². The largest absolute Gasteiger partial charge is 0.474 e. The summed E-state index contributed by atoms with van der Waals surface area (Å²) in [6, 6.07) is 0.250. The minimum Gasteiger partial charge on any atom is -0.474 e. The Bertz CT molecular complexity index is 880. The zero-order valence-electron chi connectivity index (χ0n) is 16.6. The van der Waals surface area contributed by atoms with E-state index in [-0.39, 0.29) is 30.5 Å². The number of fused-ring (bicyclic) bond motifs is 1. The molecule has 3 aliphatic rings. The van der Waals surface area contributed by atoms with Gasteiger partial charge in [-0.3, -0.25) is 0 Å². The lowest BCUT2D eigenvalue weighted by atomic mass is 9.83. The first-order valence-electron chi connectivity index (χ1n) is 10.6. The molecule has 5 rings (SSSR count). The van der Waals surface area contributed by atoms with Gasteiger partial charge in [0.15, 0.2) is 0 Å². The number of nitrogens with one attached hydrogen (secondary N) is 1. The molecule has 3 aliphatic carbocycles. The van der Waals surface area contributed by atoms with E-state index in [1.807, 2.05) is 6.20 Å². The van der Waals surface area contributed by atoms with Gasteiger partial charge in [-0.05, 0) is 38.0 Å². The maximum atomic E-state index is 9.88. The predicted octanol–water partition coefficient (Wildman–Crippen LogP) is 2.14. The Morgan fingerprint density at radius 3 is 2.48 bits per heavy atom. The molecule has 0 radical (unpaired) electrons. The quantitative estimate of drug-likeness (QED) is 0.677. The van der Waals surface area contributed by atoms with Gasteiger partial charge in [-0.2, -0.15) is 0 Å². The minimum atomic E-state index is -0.279. The van der Waals surface area contributed by atoms with Gasteiger partial charge in [0.2, 0.25) is 11.8 Å². The molecular formula is C21H28N4O4. The van der Waals surface area contributed by atoms with Crippen LogP contribution in [0.2, 0.25) is 0 Å². The molecule has 3 saturated carbocycles. The summed E-state index contributed by atoms with van der Waals surface area (Å²) in [4.78, 5) is 13.9. The van der Waals surface area contributed by atoms with Crippen molar-refractivity contribution in [2.45, 2.75) is 81.3 Å². The molecule has 0 spiro atoms. The van der Waals surface area contributed by atoms with Crippen molar-refractivity contribution in [2.75, 3.05) is 12.4 Å². The van der Waals surface area contributed by atoms with Crippen LogP contribution >= 0.6 is 0 Å². The Balaban J connectivity index is 1.46. The van der Waals surface area contributed by atoms with E-state index in [4.69, 9.17) is 14.5 Å². The summed E-state index contributed by atoms with van der Waals surface area (Å²) >= 11 is 0. The fourth-order valence-electron chi connectivity index (χ4n) is 4.41. The Morgan fingerprint density at radius 2 is 1.79 bits per heavy atom. The van der Waals surface area contributed by atoms with Gasteiger partial charge in [-0.25, -0.2) is 15.0 Å². The first kappa shape index (κ1) is 19.0. The van der Waals surface area contributed by atoms with Crippen LogP contribution in [0.1, 0.15) is 56.4 Å². The minimum absolute atomic E-state index is 0.0110. The van der Waals surface area contributed by atoms with Gasteiger partial charge in [0.1, 0.15) is 6.10 Å². The number of aliphatic hydroxyl groups excluding tert-OH is 2. The van der Waals surface area contributed by atoms with Crippen molar-refractivity contribution in [3.05, 3.63) is 18.0 Å². The van der Waals surface area contributed by atoms with Crippen molar-refractivity contribution < 1.29 is 19.7 Å². The number of aliphatic hydroxyl groups is 2. The van der Waals surface area contributed by atoms with Crippen LogP contribution in [0.5, 0.6) is 5.88 Å². The summed E-state index contributed by atoms with van der Waals surface area (Å²) in [6.07, 6.45) is 9.06. The second-order valence-electron chi connectivity index (χ2n) is 8.61. The zero-order chi connectivity index (χ0) is 20.0. The molecular weight excluding hydrogens is 372 g/mol. The number of ether oxygens (including phenoxy) is 2. The number of nitrogens with zero attached hydrogens (tertiary/aromatic N) is 3. The van der Waals surface area contributed by atoms with Crippen molar-refractivity contribution >= 4 is 16.9 Å². The monoisotopic (exact) mass is 400 g/mol. The van der Waals surface area contributed by atoms with Crippen LogP contribution in [0.3, 0.4) is 0 Å². The molecule has 2 aromatic heterocycles. The molecule has 3 fully saturated rings. The number of aromatic nitrogens is 3. The molecule has 29 heavy (non-hydrogen) atoms. The lowest BCUT2D eigenvalue weighted by Gasteiger charge is -2.31. The van der Waals surface area contributed by atoms with Gasteiger partial charge in [0, 0.05) is 37.9 Å². The molecule has 0 amide bonds. The van der Waals surface area contributed by atoms with Crippen LogP contribution in [0.4, 0.5) is 5.95 Å². The number of pyridine rings is 1. The number of hydrogen-bond acceptors (Lipinski definition) is 8. The molecule has 0 aromatic carbocycles. The average molecular weight is 400 g/mol. The van der Waals surface area contributed by atoms with Crippen LogP contribution < -0.4 is 10.1 Å². The van der Waals surface area contributed by atoms with E-state index in [1.165, 1.54) is 0 Å². The van der Waals surface area contributed by atoms with E-state index in [2.05, 4.69) is 15.3 Å². The SMILES string of the molecule is CO[C@H]1C[C@@H]1Nc1ncc2c(OC3CC(O)C3)ncc(C3CCC(O)CC3)c2n1. The summed E-state index contributed by atoms with van der Waals surface area (Å²) in [5.41, 5.74) is 1.96. The number of hydrogen-bond donors (Lipinski definition) is 3. The molecule has 2 atom stereocenters. The first-order chi connectivity index (χ1) is 14.1. The lowest BCUT2D eigenvalue weighted by molar-refractivity contribution is -0.0120. The number of rotatable bonds is 6. The standard InChI is InChI=1S/C21H28N4O4/c1-28-18-8-17(18)24-21-23-10-16-19(25-21)15(11-2-4-12(26)5-3-11)9-22-20(16)29-14-6-13(27)7-14/h9-14,17-18,26-27H,2-8H2,1H3,(H,23,24,25)/t11?,12?,13?,14?,17-,18-/m0/s1. The third-order valence-corrected chi connectivity index (χ3v) is 6.45. The molecule has 3 N–H and O–H groups in total. The second-order valence-corrected chi connectivity index (χ2v) is 8.61. The second kappa shape index (κ2) is 7.66. The summed E-state index contributed by atoms with van der Waals surface area (Å²) in [5.74, 6) is 1.45. The van der Waals surface area contributed by atoms with Crippen LogP contribution in [0.15, 0.2) is 12.4 Å². The van der Waals surface area contributed by atoms with Crippen LogP contribution in [0, 0.1) is 0 Å². The van der Waals surface area contributed by atoms with Crippen molar-refractivity contribution in [1.82, 2.24) is 15.0 Å². The van der Waals surface area contributed by atoms with Gasteiger partial charge >= 0.3 is 0 Å². The summed E-state index contributed by atoms with van der Waals surface area (Å²) in [6.45, 7) is 0. The maximum Gasteiger partial charge on any atom is 0.224 e. The van der Waals surface area contributed by atoms with E-state index in [0.717, 1.165) is 48.6 Å². The van der Waals surface area contributed by atoms with Gasteiger partial charge in [-0.1, -0.05) is 0 Å². The molecule has 0 aliphatic heterocycles. The fourth-order valence-corrected chi connectivity index (χ4v) is 4.41. The van der Waals surface area contributed by atoms with Crippen LogP contribution in [0.25, 0.3) is 10.9 Å². The molecule has 156 valence electrons. The average Bonchev–Trinajstić information content (AvgIpc) is 3.45. The van der Waals surface area contributed by atoms with Gasteiger partial charge in [-0.15, -0.1) is 0 Å². The molecule has 8 nitrogen and oxygen atoms in total. The van der Waals surface area contributed by atoms with Gasteiger partial charge in [0.05, 0.1) is 35.3 Å². The van der Waals surface area contributed by atoms with E-state index in [0.29, 0.717) is 30.6 Å². The third kappa shape index (κ3) is 3.89. The van der Waals surface area contributed by atoms with Crippen LogP contribution in [-0.4, -0.2) is 62.7 Å². The van der Waals surface area contributed by atoms with E-state index in [1.54, 1.807) is 13.3 Å². The van der Waals surface area contributed by atoms with Crippen molar-refractivity contribution in [3.8, 4) is 5.88 Å². The molecule has 0 saturated heterocycles. The Morgan fingerprint density at radius 1 is 1.00 bits per heavy atom. The first-order valence-corrected chi connectivity index (χ1v) is 10.6. The zero-order valence-corrected chi connectivity index (χ0v) is 16.6. The highest BCUT2D eigenvalue weighted by molar-refractivity contribution is 5.86. The molecule has 0 unspecified atom stereocenters. The van der Waals surface area contributed by atoms with E-state index in [9.17, 15) is 10.2 Å². The van der Waals surface area contributed by atoms with Gasteiger partial charge < -0.3 is 25.0 Å². The lowest BCUT2D eigenvalue weighted by Crippen LogP contribution is -2.37. The Hall–Kier alpha value is -2.03. The predicted molar refractivity (Wildman–Crippen MR) is 107 cm³/mol. The Labute approximate surface area is 169 Å². The number of methoxy groups -OCH3 is 1. The summed E-state index contributed by atoms with van der Waals surface area (Å²) < 4.78 is 11.4. The topological polar surface area (TPSA) is 110 Å². The Kier molecular flexibility index (Phi) is 5.01. The highest BCUT2D eigenvalue weighted by Crippen LogP contribution is 2.39. The maximum absolute atomic E-state index is 9.88. The highest BCUT2D eigenvalue weighted by Gasteiger charge is 2.38. The molecule has 8 heteroatoms. The highest BCUT2D eigenvalue weighted by atomic mass is 16.5. The fraction of sp³-hybridized carbons (Fsp3) is 0.667. The van der Waals surface area contributed by atoms with Gasteiger partial charge in [0.25, 0.3) is 0 Å². The summed E-state index contributed by atoms with van der Waals surface area (Å²) in [7, 11) is 1.72. The van der Waals surface area contributed by atoms with Crippen molar-refractivity contribution in [3.63, 3.8) is 0 Å². The smallest absolute Gasteiger partial charge is 0.224 e. The molecule has 2 heterocycles. The van der Waals surface area contributed by atoms with E-state index < -0.39 is 0 Å². The normalized spacial score (nSPS) is 33.9. The van der Waals surface area contributed by atoms with E-state index >= 15 is 0 Å². The summed E-state index contributed by atoms with van der Waals surface area (Å²) in [5, 5.41) is 23.6. The molecule has 2 aromatic rings. The van der Waals surface area contributed by atoms with Crippen molar-refractivity contribution in [2.24, 2.45) is 0 Å².